The van der Waals surface area contributed by atoms with Gasteiger partial charge < -0.3 is 21.5 Å². The van der Waals surface area contributed by atoms with Gasteiger partial charge in [0.25, 0.3) is 5.91 Å². The Labute approximate surface area is 123 Å². The highest BCUT2D eigenvalue weighted by atomic mass is 35.5. The first kappa shape index (κ1) is 14.9. The molecule has 0 aromatic heterocycles. The second kappa shape index (κ2) is 5.50. The number of carbonyl (C=O) groups excluding carboxylic acids is 1. The van der Waals surface area contributed by atoms with Gasteiger partial charge in [0, 0.05) is 18.3 Å². The molecule has 1 atom stereocenters. The van der Waals surface area contributed by atoms with Crippen LogP contribution in [-0.2, 0) is 4.74 Å². The number of carbonyl (C=O) groups is 1. The zero-order valence-electron chi connectivity index (χ0n) is 11.7. The number of ether oxygens (including phenoxy) is 1. The zero-order valence-corrected chi connectivity index (χ0v) is 12.5. The Hall–Kier alpha value is -1.46. The molecule has 110 valence electrons. The highest BCUT2D eigenvalue weighted by Crippen LogP contribution is 2.33. The van der Waals surface area contributed by atoms with E-state index in [1.54, 1.807) is 12.1 Å². The molecule has 0 saturated carbocycles. The molecule has 1 aliphatic rings. The fourth-order valence-electron chi connectivity index (χ4n) is 2.53. The van der Waals surface area contributed by atoms with Crippen LogP contribution in [0.4, 0.5) is 11.4 Å². The van der Waals surface area contributed by atoms with E-state index < -0.39 is 5.91 Å². The van der Waals surface area contributed by atoms with Gasteiger partial charge in [-0.15, -0.1) is 0 Å². The Kier molecular flexibility index (Phi) is 4.11. The summed E-state index contributed by atoms with van der Waals surface area (Å²) < 4.78 is 5.68. The van der Waals surface area contributed by atoms with Gasteiger partial charge in [0.15, 0.2) is 0 Å². The molecule has 6 heteroatoms. The molecule has 1 aromatic rings. The predicted octanol–water partition coefficient (Wildman–Crippen LogP) is 2.39. The topological polar surface area (TPSA) is 90.4 Å². The molecule has 0 radical (unpaired) electrons. The molecular weight excluding hydrogens is 278 g/mol. The molecule has 2 rings (SSSR count). The minimum Gasteiger partial charge on any atom is -0.399 e. The second-order valence-electron chi connectivity index (χ2n) is 5.73. The summed E-state index contributed by atoms with van der Waals surface area (Å²) in [6.45, 7) is 4.75. The molecule has 1 unspecified atom stereocenters. The lowest BCUT2D eigenvalue weighted by Gasteiger charge is -2.36. The highest BCUT2D eigenvalue weighted by Gasteiger charge is 2.29. The number of anilines is 2. The summed E-state index contributed by atoms with van der Waals surface area (Å²) in [4.78, 5) is 11.5. The van der Waals surface area contributed by atoms with Gasteiger partial charge in [0.2, 0.25) is 0 Å². The summed E-state index contributed by atoms with van der Waals surface area (Å²) in [7, 11) is 0. The van der Waals surface area contributed by atoms with Gasteiger partial charge >= 0.3 is 0 Å². The fourth-order valence-corrected chi connectivity index (χ4v) is 2.81. The van der Waals surface area contributed by atoms with Crippen LogP contribution in [0, 0.1) is 0 Å². The van der Waals surface area contributed by atoms with E-state index in [0.29, 0.717) is 28.6 Å². The quantitative estimate of drug-likeness (QED) is 0.747. The van der Waals surface area contributed by atoms with Crippen molar-refractivity contribution in [3.8, 4) is 0 Å². The van der Waals surface area contributed by atoms with Gasteiger partial charge in [0.1, 0.15) is 0 Å². The minimum absolute atomic E-state index is 0.179. The third kappa shape index (κ3) is 3.35. The van der Waals surface area contributed by atoms with Crippen LogP contribution >= 0.6 is 11.6 Å². The van der Waals surface area contributed by atoms with Gasteiger partial charge in [-0.1, -0.05) is 11.6 Å². The normalized spacial score (nSPS) is 21.4. The third-order valence-corrected chi connectivity index (χ3v) is 3.72. The molecule has 1 heterocycles. The molecule has 5 nitrogen and oxygen atoms in total. The maximum absolute atomic E-state index is 11.5. The van der Waals surface area contributed by atoms with Crippen molar-refractivity contribution in [3.63, 3.8) is 0 Å². The molecule has 0 aliphatic carbocycles. The van der Waals surface area contributed by atoms with E-state index >= 15 is 0 Å². The number of hydrogen-bond acceptors (Lipinski definition) is 4. The van der Waals surface area contributed by atoms with Crippen molar-refractivity contribution in [2.75, 3.05) is 17.7 Å². The molecule has 1 saturated heterocycles. The Balaban J connectivity index is 2.27. The molecule has 20 heavy (non-hydrogen) atoms. The highest BCUT2D eigenvalue weighted by molar-refractivity contribution is 6.34. The van der Waals surface area contributed by atoms with Crippen LogP contribution in [0.1, 0.15) is 37.0 Å². The van der Waals surface area contributed by atoms with Crippen LogP contribution in [0.25, 0.3) is 0 Å². The average molecular weight is 298 g/mol. The summed E-state index contributed by atoms with van der Waals surface area (Å²) in [5.74, 6) is -0.548. The van der Waals surface area contributed by atoms with Gasteiger partial charge in [-0.2, -0.15) is 0 Å². The van der Waals surface area contributed by atoms with Gasteiger partial charge in [-0.05, 0) is 38.8 Å². The molecule has 5 N–H and O–H groups in total. The van der Waals surface area contributed by atoms with Crippen LogP contribution in [0.2, 0.25) is 5.02 Å². The maximum atomic E-state index is 11.5. The fraction of sp³-hybridized carbons (Fsp3) is 0.500. The van der Waals surface area contributed by atoms with Gasteiger partial charge in [-0.3, -0.25) is 4.79 Å². The first-order valence-electron chi connectivity index (χ1n) is 6.58. The Morgan fingerprint density at radius 2 is 2.20 bits per heavy atom. The monoisotopic (exact) mass is 297 g/mol. The lowest BCUT2D eigenvalue weighted by Crippen LogP contribution is -2.40. The summed E-state index contributed by atoms with van der Waals surface area (Å²) in [6, 6.07) is 3.33. The lowest BCUT2D eigenvalue weighted by molar-refractivity contribution is -0.0553. The number of nitrogens with one attached hydrogen (secondary N) is 1. The Bertz CT molecular complexity index is 531. The lowest BCUT2D eigenvalue weighted by atomic mass is 9.93. The molecule has 1 amide bonds. The standard InChI is InChI=1S/C14H20ClN3O2/c1-14(2)7-9(3-4-20-14)18-12-10(13(17)19)5-8(16)6-11(12)15/h5-6,9,18H,3-4,7,16H2,1-2H3,(H2,17,19). The number of halogens is 1. The van der Waals surface area contributed by atoms with Crippen LogP contribution in [0.3, 0.4) is 0 Å². The molecule has 1 aromatic carbocycles. The predicted molar refractivity (Wildman–Crippen MR) is 81.1 cm³/mol. The first-order chi connectivity index (χ1) is 9.28. The summed E-state index contributed by atoms with van der Waals surface area (Å²) in [5, 5.41) is 3.72. The SMILES string of the molecule is CC1(C)CC(Nc2c(Cl)cc(N)cc2C(N)=O)CCO1. The van der Waals surface area contributed by atoms with E-state index in [0.717, 1.165) is 12.8 Å². The average Bonchev–Trinajstić information content (AvgIpc) is 2.30. The number of hydrogen-bond donors (Lipinski definition) is 3. The van der Waals surface area contributed by atoms with Crippen molar-refractivity contribution in [1.82, 2.24) is 0 Å². The smallest absolute Gasteiger partial charge is 0.250 e. The van der Waals surface area contributed by atoms with Gasteiger partial charge in [-0.25, -0.2) is 0 Å². The van der Waals surface area contributed by atoms with Crippen LogP contribution < -0.4 is 16.8 Å². The van der Waals surface area contributed by atoms with Gasteiger partial charge in [0.05, 0.1) is 21.9 Å². The Morgan fingerprint density at radius 3 is 2.80 bits per heavy atom. The number of rotatable bonds is 3. The first-order valence-corrected chi connectivity index (χ1v) is 6.95. The largest absolute Gasteiger partial charge is 0.399 e. The zero-order chi connectivity index (χ0) is 14.9. The van der Waals surface area contributed by atoms with E-state index in [2.05, 4.69) is 5.32 Å². The summed E-state index contributed by atoms with van der Waals surface area (Å²) >= 11 is 6.19. The second-order valence-corrected chi connectivity index (χ2v) is 6.14. The molecule has 1 fully saturated rings. The Morgan fingerprint density at radius 1 is 1.50 bits per heavy atom. The van der Waals surface area contributed by atoms with Crippen molar-refractivity contribution in [2.45, 2.75) is 38.3 Å². The molecule has 0 bridgehead atoms. The summed E-state index contributed by atoms with van der Waals surface area (Å²) in [5.41, 5.74) is 12.2. The minimum atomic E-state index is -0.548. The van der Waals surface area contributed by atoms with Crippen molar-refractivity contribution in [2.24, 2.45) is 5.73 Å². The maximum Gasteiger partial charge on any atom is 0.250 e. The molecule has 0 spiro atoms. The van der Waals surface area contributed by atoms with E-state index in [1.165, 1.54) is 0 Å². The van der Waals surface area contributed by atoms with Crippen LogP contribution in [0.15, 0.2) is 12.1 Å². The molecule has 1 aliphatic heterocycles. The van der Waals surface area contributed by atoms with E-state index in [-0.39, 0.29) is 11.6 Å². The van der Waals surface area contributed by atoms with Crippen molar-refractivity contribution in [3.05, 3.63) is 22.7 Å². The van der Waals surface area contributed by atoms with Crippen molar-refractivity contribution < 1.29 is 9.53 Å². The van der Waals surface area contributed by atoms with E-state index in [1.807, 2.05) is 13.8 Å². The number of amides is 1. The van der Waals surface area contributed by atoms with E-state index in [9.17, 15) is 4.79 Å². The van der Waals surface area contributed by atoms with Crippen LogP contribution in [-0.4, -0.2) is 24.2 Å². The van der Waals surface area contributed by atoms with Crippen molar-refractivity contribution >= 4 is 28.9 Å². The number of nitrogens with two attached hydrogens (primary N) is 2. The number of benzene rings is 1. The van der Waals surface area contributed by atoms with Crippen molar-refractivity contribution in [1.29, 1.82) is 0 Å². The molecular formula is C14H20ClN3O2. The third-order valence-electron chi connectivity index (χ3n) is 3.42. The van der Waals surface area contributed by atoms with E-state index in [4.69, 9.17) is 27.8 Å². The number of primary amides is 1. The summed E-state index contributed by atoms with van der Waals surface area (Å²) in [6.07, 6.45) is 1.67. The van der Waals surface area contributed by atoms with Crippen LogP contribution in [0.5, 0.6) is 0 Å². The number of nitrogen functional groups attached to an aromatic ring is 1.